The van der Waals surface area contributed by atoms with Crippen LogP contribution in [0, 0.1) is 5.41 Å². The summed E-state index contributed by atoms with van der Waals surface area (Å²) < 4.78 is 0. The Bertz CT molecular complexity index is 2550. The number of rotatable bonds is 28. The number of hydrogen-bond acceptors (Lipinski definition) is 13. The smallest absolute Gasteiger partial charge is 0.247 e. The van der Waals surface area contributed by atoms with Crippen molar-refractivity contribution in [3.63, 3.8) is 0 Å². The van der Waals surface area contributed by atoms with E-state index in [1.807, 2.05) is 25.1 Å². The van der Waals surface area contributed by atoms with Crippen LogP contribution in [-0.2, 0) is 57.6 Å². The van der Waals surface area contributed by atoms with Crippen LogP contribution in [0.2, 0.25) is 0 Å². The molecule has 23 nitrogen and oxygen atoms in total. The number of carbonyl (C=O) groups excluding carboxylic acids is 8. The number of benzene rings is 2. The Hall–Kier alpha value is -7.12. The third-order valence-corrected chi connectivity index (χ3v) is 13.1. The summed E-state index contributed by atoms with van der Waals surface area (Å²) in [6.07, 6.45) is 6.13. The van der Waals surface area contributed by atoms with Gasteiger partial charge in [-0.15, -0.1) is 0 Å². The first kappa shape index (κ1) is 57.8. The molecule has 400 valence electrons. The first-order chi connectivity index (χ1) is 35.5. The standard InChI is InChI=1S/C49H68N14O9S2/c1-28-10-9-18-63(28)48(72)40(25-64)61-47(71)41(26-74)62-45(69)38(21-31-23-54-34-14-7-6-13-33(31)34)59-42(66)35(15-8-17-53-49(50)51)57-44(68)37(20-30-11-4-3-5-12-30)58-46(70)39(22-32-24-52-27-55-32)60-43(67)36(16-19-73)56-29(2)65/h3-7,11-14,23-24,27-28,35-41,54,64,73-74H,8-10,15-22,25-26H2,1-2H3,(H,52,55)(H,56,65)(H,57,68)(H,58,70)(H,59,66)(H,60,67)(H,61,71)(H,62,69)(H4,50,51,53)/t28-,35+,36+,37-,38+,39+,40+,41+/m1/s1. The number of likely N-dealkylation sites (tertiary alicyclic amines) is 1. The molecule has 2 aromatic carbocycles. The zero-order valence-electron chi connectivity index (χ0n) is 41.3. The van der Waals surface area contributed by atoms with Crippen molar-refractivity contribution in [1.29, 1.82) is 5.41 Å². The lowest BCUT2D eigenvalue weighted by Gasteiger charge is -2.29. The van der Waals surface area contributed by atoms with Crippen LogP contribution in [0.4, 0.5) is 0 Å². The van der Waals surface area contributed by atoms with Crippen molar-refractivity contribution in [3.05, 3.63) is 90.1 Å². The fourth-order valence-corrected chi connectivity index (χ4v) is 9.04. The molecular weight excluding hydrogens is 993 g/mol. The Kier molecular flexibility index (Phi) is 22.6. The molecule has 14 N–H and O–H groups in total. The Morgan fingerprint density at radius 3 is 1.89 bits per heavy atom. The highest BCUT2D eigenvalue weighted by Gasteiger charge is 2.36. The zero-order chi connectivity index (χ0) is 53.7. The molecule has 0 radical (unpaired) electrons. The van der Waals surface area contributed by atoms with Crippen molar-refractivity contribution < 1.29 is 43.5 Å². The number of carbonyl (C=O) groups is 8. The van der Waals surface area contributed by atoms with E-state index < -0.39 is 96.2 Å². The lowest BCUT2D eigenvalue weighted by atomic mass is 10.0. The first-order valence-corrected chi connectivity index (χ1v) is 25.6. The average molecular weight is 1060 g/mol. The number of aliphatic hydroxyl groups is 1. The van der Waals surface area contributed by atoms with Gasteiger partial charge in [0, 0.05) is 74.4 Å². The number of para-hydroxylation sites is 1. The normalized spacial score (nSPS) is 16.0. The molecule has 0 unspecified atom stereocenters. The molecule has 4 aromatic rings. The van der Waals surface area contributed by atoms with Crippen LogP contribution in [0.5, 0.6) is 0 Å². The van der Waals surface area contributed by atoms with Gasteiger partial charge in [-0.2, -0.15) is 25.3 Å². The predicted molar refractivity (Wildman–Crippen MR) is 283 cm³/mol. The topological polar surface area (TPSA) is 351 Å². The molecule has 8 amide bonds. The molecule has 0 saturated carbocycles. The third-order valence-electron chi connectivity index (χ3n) is 12.4. The van der Waals surface area contributed by atoms with Crippen molar-refractivity contribution in [3.8, 4) is 0 Å². The van der Waals surface area contributed by atoms with Gasteiger partial charge < -0.3 is 68.2 Å². The van der Waals surface area contributed by atoms with Crippen LogP contribution in [0.3, 0.4) is 0 Å². The Morgan fingerprint density at radius 2 is 1.31 bits per heavy atom. The van der Waals surface area contributed by atoms with Crippen LogP contribution in [0.25, 0.3) is 10.9 Å². The lowest BCUT2D eigenvalue weighted by Crippen LogP contribution is -2.61. The maximum atomic E-state index is 14.7. The van der Waals surface area contributed by atoms with Gasteiger partial charge in [0.25, 0.3) is 0 Å². The van der Waals surface area contributed by atoms with E-state index >= 15 is 0 Å². The fourth-order valence-electron chi connectivity index (χ4n) is 8.53. The highest BCUT2D eigenvalue weighted by Crippen LogP contribution is 2.20. The van der Waals surface area contributed by atoms with E-state index in [2.05, 4.69) is 82.7 Å². The van der Waals surface area contributed by atoms with Gasteiger partial charge in [0.15, 0.2) is 5.96 Å². The number of guanidine groups is 1. The van der Waals surface area contributed by atoms with Gasteiger partial charge in [0.1, 0.15) is 42.3 Å². The third kappa shape index (κ3) is 17.3. The highest BCUT2D eigenvalue weighted by molar-refractivity contribution is 7.80. The number of thiol groups is 2. The summed E-state index contributed by atoms with van der Waals surface area (Å²) in [6.45, 7) is 3.03. The van der Waals surface area contributed by atoms with Crippen molar-refractivity contribution in [1.82, 2.24) is 62.4 Å². The number of aromatic nitrogens is 3. The van der Waals surface area contributed by atoms with E-state index in [1.165, 1.54) is 19.4 Å². The van der Waals surface area contributed by atoms with Crippen molar-refractivity contribution in [2.45, 2.75) is 114 Å². The van der Waals surface area contributed by atoms with E-state index in [9.17, 15) is 43.5 Å². The van der Waals surface area contributed by atoms with E-state index in [0.717, 1.165) is 23.7 Å². The number of nitrogens with two attached hydrogens (primary N) is 1. The van der Waals surface area contributed by atoms with Crippen LogP contribution < -0.4 is 48.3 Å². The largest absolute Gasteiger partial charge is 0.394 e. The molecule has 1 aliphatic heterocycles. The number of fused-ring (bicyclic) bond motifs is 1. The van der Waals surface area contributed by atoms with E-state index in [1.54, 1.807) is 47.5 Å². The van der Waals surface area contributed by atoms with Crippen molar-refractivity contribution in [2.75, 3.05) is 31.2 Å². The molecule has 1 saturated heterocycles. The number of imidazole rings is 1. The quantitative estimate of drug-likeness (QED) is 0.0139. The summed E-state index contributed by atoms with van der Waals surface area (Å²) in [4.78, 5) is 122. The van der Waals surface area contributed by atoms with Gasteiger partial charge in [-0.1, -0.05) is 48.5 Å². The number of aromatic amines is 2. The minimum absolute atomic E-state index is 0.0628. The molecule has 25 heteroatoms. The predicted octanol–water partition coefficient (Wildman–Crippen LogP) is -1.15. The monoisotopic (exact) mass is 1060 g/mol. The summed E-state index contributed by atoms with van der Waals surface area (Å²) in [5.74, 6) is -5.94. The minimum atomic E-state index is -1.39. The molecule has 0 bridgehead atoms. The molecular formula is C49H68N14O9S2. The first-order valence-electron chi connectivity index (χ1n) is 24.4. The Balaban J connectivity index is 1.42. The molecule has 0 spiro atoms. The van der Waals surface area contributed by atoms with Crippen LogP contribution >= 0.6 is 25.3 Å². The number of nitrogens with one attached hydrogen (secondary N) is 11. The Morgan fingerprint density at radius 1 is 0.743 bits per heavy atom. The van der Waals surface area contributed by atoms with E-state index in [4.69, 9.17) is 11.1 Å². The van der Waals surface area contributed by atoms with Crippen LogP contribution in [-0.4, -0.2) is 158 Å². The number of amides is 8. The van der Waals surface area contributed by atoms with Crippen LogP contribution in [0.15, 0.2) is 73.3 Å². The maximum Gasteiger partial charge on any atom is 0.247 e. The molecule has 2 aromatic heterocycles. The SMILES string of the molecule is CC(=O)N[C@@H](CCS)C(=O)N[C@@H](Cc1c[nH]cn1)C(=O)N[C@H](Cc1ccccc1)C(=O)N[C@@H](CCCNC(=N)N)C(=O)N[C@@H](Cc1c[nH]c2ccccc12)C(=O)N[C@@H](CS)C(=O)N[C@@H](CO)C(=O)N1CCC[C@H]1C. The lowest BCUT2D eigenvalue weighted by molar-refractivity contribution is -0.139. The summed E-state index contributed by atoms with van der Waals surface area (Å²) >= 11 is 8.54. The molecule has 1 aliphatic rings. The summed E-state index contributed by atoms with van der Waals surface area (Å²) in [5, 5.41) is 40.0. The number of aliphatic hydroxyl groups excluding tert-OH is 1. The molecule has 5 rings (SSSR count). The second kappa shape index (κ2) is 28.9. The molecule has 3 heterocycles. The van der Waals surface area contributed by atoms with Gasteiger partial charge in [-0.05, 0) is 62.0 Å². The second-order valence-electron chi connectivity index (χ2n) is 18.0. The molecule has 0 aliphatic carbocycles. The molecule has 1 fully saturated rings. The summed E-state index contributed by atoms with van der Waals surface area (Å²) in [5.41, 5.74) is 7.94. The second-order valence-corrected chi connectivity index (χ2v) is 18.8. The van der Waals surface area contributed by atoms with Crippen molar-refractivity contribution in [2.24, 2.45) is 5.73 Å². The van der Waals surface area contributed by atoms with Gasteiger partial charge >= 0.3 is 0 Å². The van der Waals surface area contributed by atoms with Gasteiger partial charge in [-0.3, -0.25) is 43.8 Å². The summed E-state index contributed by atoms with van der Waals surface area (Å²) in [7, 11) is 0. The Labute approximate surface area is 439 Å². The summed E-state index contributed by atoms with van der Waals surface area (Å²) in [6, 6.07) is 6.88. The zero-order valence-corrected chi connectivity index (χ0v) is 43.1. The molecule has 8 atom stereocenters. The van der Waals surface area contributed by atoms with Gasteiger partial charge in [0.05, 0.1) is 18.6 Å². The average Bonchev–Trinajstić information content (AvgIpc) is 4.16. The maximum absolute atomic E-state index is 14.7. The fraction of sp³-hybridized carbons (Fsp3) is 0.469. The number of hydrogen-bond donors (Lipinski definition) is 15. The minimum Gasteiger partial charge on any atom is -0.394 e. The van der Waals surface area contributed by atoms with Crippen molar-refractivity contribution >= 4 is 89.4 Å². The van der Waals surface area contributed by atoms with Gasteiger partial charge in [0.2, 0.25) is 47.3 Å². The van der Waals surface area contributed by atoms with E-state index in [0.29, 0.717) is 23.4 Å². The van der Waals surface area contributed by atoms with Crippen LogP contribution in [0.1, 0.15) is 62.8 Å². The number of H-pyrrole nitrogens is 2. The van der Waals surface area contributed by atoms with Gasteiger partial charge in [-0.25, -0.2) is 4.98 Å². The van der Waals surface area contributed by atoms with E-state index in [-0.39, 0.29) is 68.6 Å². The molecule has 74 heavy (non-hydrogen) atoms. The highest BCUT2D eigenvalue weighted by atomic mass is 32.1. The number of nitrogens with zero attached hydrogens (tertiary/aromatic N) is 2.